The van der Waals surface area contributed by atoms with Crippen molar-refractivity contribution >= 4 is 16.8 Å². The number of aromatic nitrogens is 1. The number of carbonyl (C=O) groups excluding carboxylic acids is 1. The highest BCUT2D eigenvalue weighted by Gasteiger charge is 2.33. The molecule has 5 nitrogen and oxygen atoms in total. The van der Waals surface area contributed by atoms with Crippen LogP contribution < -0.4 is 9.47 Å². The fraction of sp³-hybridized carbons (Fsp3) is 0.286. The SMILES string of the molecule is COc1ccccc1OCC(=O)N(Cc1cccc2[nH]ccc12)C1CC1. The maximum Gasteiger partial charge on any atom is 0.261 e. The number of benzene rings is 2. The topological polar surface area (TPSA) is 54.6 Å². The number of carbonyl (C=O) groups is 1. The van der Waals surface area contributed by atoms with Crippen LogP contribution in [0.25, 0.3) is 10.9 Å². The third-order valence-corrected chi connectivity index (χ3v) is 4.75. The van der Waals surface area contributed by atoms with E-state index < -0.39 is 0 Å². The van der Waals surface area contributed by atoms with Gasteiger partial charge in [-0.1, -0.05) is 24.3 Å². The second-order valence-corrected chi connectivity index (χ2v) is 6.55. The van der Waals surface area contributed by atoms with Gasteiger partial charge in [-0.25, -0.2) is 0 Å². The van der Waals surface area contributed by atoms with E-state index in [2.05, 4.69) is 17.1 Å². The van der Waals surface area contributed by atoms with Crippen molar-refractivity contribution in [2.45, 2.75) is 25.4 Å². The van der Waals surface area contributed by atoms with Crippen LogP contribution in [0.3, 0.4) is 0 Å². The van der Waals surface area contributed by atoms with Gasteiger partial charge in [-0.05, 0) is 42.7 Å². The van der Waals surface area contributed by atoms with Gasteiger partial charge in [0.05, 0.1) is 7.11 Å². The lowest BCUT2D eigenvalue weighted by atomic mass is 10.1. The molecule has 1 aliphatic carbocycles. The molecule has 5 heteroatoms. The van der Waals surface area contributed by atoms with E-state index in [-0.39, 0.29) is 12.5 Å². The number of fused-ring (bicyclic) bond motifs is 1. The van der Waals surface area contributed by atoms with Gasteiger partial charge in [0.15, 0.2) is 18.1 Å². The highest BCUT2D eigenvalue weighted by Crippen LogP contribution is 2.31. The minimum atomic E-state index is 0.00550. The van der Waals surface area contributed by atoms with Crippen molar-refractivity contribution in [3.8, 4) is 11.5 Å². The number of para-hydroxylation sites is 2. The number of amides is 1. The van der Waals surface area contributed by atoms with E-state index in [9.17, 15) is 4.79 Å². The van der Waals surface area contributed by atoms with E-state index in [1.54, 1.807) is 7.11 Å². The molecule has 0 aliphatic heterocycles. The molecule has 0 unspecified atom stereocenters. The normalized spacial score (nSPS) is 13.6. The van der Waals surface area contributed by atoms with Gasteiger partial charge in [-0.3, -0.25) is 4.79 Å². The molecule has 4 rings (SSSR count). The van der Waals surface area contributed by atoms with Crippen LogP contribution in [0.15, 0.2) is 54.7 Å². The van der Waals surface area contributed by atoms with Crippen molar-refractivity contribution in [3.05, 3.63) is 60.3 Å². The predicted molar refractivity (Wildman–Crippen MR) is 100 cm³/mol. The van der Waals surface area contributed by atoms with Crippen molar-refractivity contribution in [3.63, 3.8) is 0 Å². The monoisotopic (exact) mass is 350 g/mol. The van der Waals surface area contributed by atoms with E-state index in [4.69, 9.17) is 9.47 Å². The number of ether oxygens (including phenoxy) is 2. The zero-order valence-electron chi connectivity index (χ0n) is 14.8. The molecule has 0 bridgehead atoms. The molecule has 1 saturated carbocycles. The first-order valence-electron chi connectivity index (χ1n) is 8.86. The average Bonchev–Trinajstić information content (AvgIpc) is 3.40. The number of nitrogens with zero attached hydrogens (tertiary/aromatic N) is 1. The van der Waals surface area contributed by atoms with Crippen LogP contribution in [-0.2, 0) is 11.3 Å². The Morgan fingerprint density at radius 2 is 1.92 bits per heavy atom. The summed E-state index contributed by atoms with van der Waals surface area (Å²) in [6.07, 6.45) is 4.05. The molecule has 0 atom stereocenters. The van der Waals surface area contributed by atoms with Crippen molar-refractivity contribution < 1.29 is 14.3 Å². The Balaban J connectivity index is 1.48. The van der Waals surface area contributed by atoms with Crippen LogP contribution in [0.1, 0.15) is 18.4 Å². The van der Waals surface area contributed by atoms with Crippen molar-refractivity contribution in [1.82, 2.24) is 9.88 Å². The summed E-state index contributed by atoms with van der Waals surface area (Å²) in [4.78, 5) is 18.0. The van der Waals surface area contributed by atoms with Crippen LogP contribution in [0, 0.1) is 0 Å². The molecule has 134 valence electrons. The first-order valence-corrected chi connectivity index (χ1v) is 8.86. The molecule has 0 spiro atoms. The van der Waals surface area contributed by atoms with Gasteiger partial charge in [0.1, 0.15) is 0 Å². The number of H-pyrrole nitrogens is 1. The Kier molecular flexibility index (Phi) is 4.52. The Morgan fingerprint density at radius 3 is 2.69 bits per heavy atom. The molecule has 0 saturated heterocycles. The lowest BCUT2D eigenvalue weighted by Gasteiger charge is -2.23. The Labute approximate surface area is 152 Å². The maximum atomic E-state index is 12.8. The second kappa shape index (κ2) is 7.12. The van der Waals surface area contributed by atoms with E-state index in [0.29, 0.717) is 24.1 Å². The summed E-state index contributed by atoms with van der Waals surface area (Å²) in [5, 5.41) is 1.16. The summed E-state index contributed by atoms with van der Waals surface area (Å²) in [6, 6.07) is 15.9. The molecule has 1 heterocycles. The Hall–Kier alpha value is -2.95. The summed E-state index contributed by atoms with van der Waals surface area (Å²) in [7, 11) is 1.60. The molecule has 0 radical (unpaired) electrons. The van der Waals surface area contributed by atoms with Crippen LogP contribution in [0.2, 0.25) is 0 Å². The number of hydrogen-bond donors (Lipinski definition) is 1. The third kappa shape index (κ3) is 3.38. The highest BCUT2D eigenvalue weighted by atomic mass is 16.5. The smallest absolute Gasteiger partial charge is 0.261 e. The summed E-state index contributed by atoms with van der Waals surface area (Å²) in [5.74, 6) is 1.23. The standard InChI is InChI=1S/C21H22N2O3/c1-25-19-7-2-3-8-20(19)26-14-21(24)23(16-9-10-16)13-15-5-4-6-18-17(15)11-12-22-18/h2-8,11-12,16,22H,9-10,13-14H2,1H3. The van der Waals surface area contributed by atoms with Crippen LogP contribution in [0.5, 0.6) is 11.5 Å². The third-order valence-electron chi connectivity index (χ3n) is 4.75. The number of aromatic amines is 1. The first kappa shape index (κ1) is 16.5. The van der Waals surface area contributed by atoms with Gasteiger partial charge in [0.25, 0.3) is 5.91 Å². The van der Waals surface area contributed by atoms with Gasteiger partial charge in [-0.15, -0.1) is 0 Å². The molecule has 1 amide bonds. The van der Waals surface area contributed by atoms with Gasteiger partial charge >= 0.3 is 0 Å². The van der Waals surface area contributed by atoms with E-state index in [1.807, 2.05) is 47.5 Å². The molecule has 1 N–H and O–H groups in total. The fourth-order valence-corrected chi connectivity index (χ4v) is 3.24. The largest absolute Gasteiger partial charge is 0.493 e. The number of methoxy groups -OCH3 is 1. The zero-order valence-corrected chi connectivity index (χ0v) is 14.8. The minimum absolute atomic E-state index is 0.00550. The number of nitrogens with one attached hydrogen (secondary N) is 1. The molecule has 2 aromatic carbocycles. The van der Waals surface area contributed by atoms with E-state index in [0.717, 1.165) is 29.3 Å². The molecular formula is C21H22N2O3. The Morgan fingerprint density at radius 1 is 1.12 bits per heavy atom. The summed E-state index contributed by atoms with van der Waals surface area (Å²) in [5.41, 5.74) is 2.25. The molecule has 26 heavy (non-hydrogen) atoms. The predicted octanol–water partition coefficient (Wildman–Crippen LogP) is 3.75. The molecular weight excluding hydrogens is 328 g/mol. The minimum Gasteiger partial charge on any atom is -0.493 e. The molecule has 3 aromatic rings. The lowest BCUT2D eigenvalue weighted by molar-refractivity contribution is -0.134. The van der Waals surface area contributed by atoms with E-state index >= 15 is 0 Å². The maximum absolute atomic E-state index is 12.8. The summed E-state index contributed by atoms with van der Waals surface area (Å²) < 4.78 is 11.0. The quantitative estimate of drug-likeness (QED) is 0.706. The van der Waals surface area contributed by atoms with Crippen LogP contribution in [-0.4, -0.2) is 35.5 Å². The lowest BCUT2D eigenvalue weighted by Crippen LogP contribution is -2.36. The summed E-state index contributed by atoms with van der Waals surface area (Å²) >= 11 is 0. The van der Waals surface area contributed by atoms with Crippen LogP contribution in [0.4, 0.5) is 0 Å². The zero-order chi connectivity index (χ0) is 17.9. The summed E-state index contributed by atoms with van der Waals surface area (Å²) in [6.45, 7) is 0.619. The van der Waals surface area contributed by atoms with Gasteiger partial charge in [0.2, 0.25) is 0 Å². The number of rotatable bonds is 7. The Bertz CT molecular complexity index is 914. The van der Waals surface area contributed by atoms with Crippen molar-refractivity contribution in [2.75, 3.05) is 13.7 Å². The van der Waals surface area contributed by atoms with Gasteiger partial charge < -0.3 is 19.4 Å². The first-order chi connectivity index (χ1) is 12.8. The highest BCUT2D eigenvalue weighted by molar-refractivity contribution is 5.84. The van der Waals surface area contributed by atoms with Crippen LogP contribution >= 0.6 is 0 Å². The second-order valence-electron chi connectivity index (χ2n) is 6.55. The van der Waals surface area contributed by atoms with Crippen molar-refractivity contribution in [1.29, 1.82) is 0 Å². The molecule has 1 aliphatic rings. The molecule has 1 fully saturated rings. The fourth-order valence-electron chi connectivity index (χ4n) is 3.24. The van der Waals surface area contributed by atoms with Crippen molar-refractivity contribution in [2.24, 2.45) is 0 Å². The van der Waals surface area contributed by atoms with E-state index in [1.165, 1.54) is 0 Å². The number of hydrogen-bond acceptors (Lipinski definition) is 3. The van der Waals surface area contributed by atoms with Gasteiger partial charge in [-0.2, -0.15) is 0 Å². The van der Waals surface area contributed by atoms with Gasteiger partial charge in [0, 0.05) is 29.7 Å². The average molecular weight is 350 g/mol. The molecule has 1 aromatic heterocycles.